The molecule has 8 heteroatoms. The fraction of sp³-hybridized carbons (Fsp3) is 0.680. The van der Waals surface area contributed by atoms with Crippen molar-refractivity contribution in [2.75, 3.05) is 26.7 Å². The zero-order chi connectivity index (χ0) is 24.2. The maximum atomic E-state index is 13.2. The highest BCUT2D eigenvalue weighted by Crippen LogP contribution is 2.41. The summed E-state index contributed by atoms with van der Waals surface area (Å²) in [5, 5.41) is 3.25. The van der Waals surface area contributed by atoms with Gasteiger partial charge in [-0.2, -0.15) is 0 Å². The Hall–Kier alpha value is -1.50. The molecule has 1 saturated heterocycles. The van der Waals surface area contributed by atoms with E-state index in [1.165, 1.54) is 38.9 Å². The number of rotatable bonds is 14. The normalized spacial score (nSPS) is 16.1. The van der Waals surface area contributed by atoms with Crippen LogP contribution in [0, 0.1) is 0 Å². The lowest BCUT2D eigenvalue weighted by atomic mass is 10.1. The summed E-state index contributed by atoms with van der Waals surface area (Å²) < 4.78 is 11.0. The van der Waals surface area contributed by atoms with Crippen LogP contribution in [0.4, 0.5) is 0 Å². The van der Waals surface area contributed by atoms with Crippen LogP contribution >= 0.6 is 23.2 Å². The first-order chi connectivity index (χ1) is 15.9. The van der Waals surface area contributed by atoms with E-state index in [-0.39, 0.29) is 39.6 Å². The maximum absolute atomic E-state index is 13.2. The van der Waals surface area contributed by atoms with Crippen molar-refractivity contribution in [3.8, 4) is 11.5 Å². The third kappa shape index (κ3) is 8.34. The number of carbonyl (C=O) groups is 2. The molecule has 0 radical (unpaired) electrons. The summed E-state index contributed by atoms with van der Waals surface area (Å²) in [7, 11) is 1.42. The second-order valence-electron chi connectivity index (χ2n) is 8.56. The second kappa shape index (κ2) is 14.7. The van der Waals surface area contributed by atoms with Crippen LogP contribution in [0.3, 0.4) is 0 Å². The average Bonchev–Trinajstić information content (AvgIpc) is 3.26. The van der Waals surface area contributed by atoms with Gasteiger partial charge in [-0.15, -0.1) is 0 Å². The summed E-state index contributed by atoms with van der Waals surface area (Å²) in [5.41, 5.74) is 0.0592. The van der Waals surface area contributed by atoms with Gasteiger partial charge in [0, 0.05) is 19.0 Å². The van der Waals surface area contributed by atoms with E-state index < -0.39 is 11.9 Å². The predicted molar refractivity (Wildman–Crippen MR) is 134 cm³/mol. The van der Waals surface area contributed by atoms with Gasteiger partial charge in [0.25, 0.3) is 5.91 Å². The Bertz CT molecular complexity index is 788. The highest BCUT2D eigenvalue weighted by atomic mass is 35.5. The number of amides is 1. The van der Waals surface area contributed by atoms with E-state index in [1.54, 1.807) is 0 Å². The number of methoxy groups -OCH3 is 1. The fourth-order valence-electron chi connectivity index (χ4n) is 4.32. The number of hydrogen-bond donors (Lipinski definition) is 1. The molecule has 2 rings (SSSR count). The molecule has 1 aliphatic rings. The molecule has 1 fully saturated rings. The summed E-state index contributed by atoms with van der Waals surface area (Å²) in [6.07, 6.45) is 10.1. The number of unbranched alkanes of at least 4 members (excludes halogenated alkanes) is 6. The van der Waals surface area contributed by atoms with Gasteiger partial charge < -0.3 is 14.8 Å². The van der Waals surface area contributed by atoms with Crippen molar-refractivity contribution >= 4 is 35.1 Å². The van der Waals surface area contributed by atoms with Gasteiger partial charge in [0.2, 0.25) is 0 Å². The summed E-state index contributed by atoms with van der Waals surface area (Å²) in [6, 6.07) is 1.72. The Morgan fingerprint density at radius 2 is 1.73 bits per heavy atom. The Labute approximate surface area is 208 Å². The molecule has 33 heavy (non-hydrogen) atoms. The zero-order valence-electron chi connectivity index (χ0n) is 20.2. The molecule has 0 saturated carbocycles. The molecule has 1 heterocycles. The molecule has 1 N–H and O–H groups in total. The van der Waals surface area contributed by atoms with Crippen molar-refractivity contribution in [2.24, 2.45) is 0 Å². The molecular formula is C25H38Cl2N2O4. The predicted octanol–water partition coefficient (Wildman–Crippen LogP) is 6.26. The van der Waals surface area contributed by atoms with Crippen molar-refractivity contribution in [1.82, 2.24) is 10.2 Å². The number of likely N-dealkylation sites (N-methyl/N-ethyl adjacent to an activating group) is 1. The van der Waals surface area contributed by atoms with Gasteiger partial charge in [-0.1, -0.05) is 75.6 Å². The van der Waals surface area contributed by atoms with Gasteiger partial charge in [-0.25, -0.2) is 0 Å². The summed E-state index contributed by atoms with van der Waals surface area (Å²) in [5.74, 6) is -0.687. The van der Waals surface area contributed by atoms with Crippen molar-refractivity contribution in [1.29, 1.82) is 0 Å². The van der Waals surface area contributed by atoms with Gasteiger partial charge in [-0.3, -0.25) is 14.5 Å². The lowest BCUT2D eigenvalue weighted by Gasteiger charge is -2.23. The highest BCUT2D eigenvalue weighted by Gasteiger charge is 2.28. The molecule has 0 bridgehead atoms. The Morgan fingerprint density at radius 1 is 1.06 bits per heavy atom. The number of ether oxygens (including phenoxy) is 2. The smallest absolute Gasteiger partial charge is 0.311 e. The SMILES string of the molecule is CCCCCCCCCC(=O)Oc1c(Cl)cc(Cl)c(OC)c1C(=O)NC[C@@H]1CCCN1CC. The number of nitrogens with zero attached hydrogens (tertiary/aromatic N) is 1. The van der Waals surface area contributed by atoms with Crippen LogP contribution in [-0.4, -0.2) is 49.6 Å². The Morgan fingerprint density at radius 3 is 2.39 bits per heavy atom. The summed E-state index contributed by atoms with van der Waals surface area (Å²) in [4.78, 5) is 28.0. The number of esters is 1. The molecule has 1 aliphatic heterocycles. The van der Waals surface area contributed by atoms with Crippen LogP contribution < -0.4 is 14.8 Å². The minimum atomic E-state index is -0.420. The molecule has 6 nitrogen and oxygen atoms in total. The van der Waals surface area contributed by atoms with E-state index in [0.717, 1.165) is 45.2 Å². The molecule has 1 aromatic carbocycles. The number of hydrogen-bond acceptors (Lipinski definition) is 5. The maximum Gasteiger partial charge on any atom is 0.311 e. The van der Waals surface area contributed by atoms with Gasteiger partial charge in [0.05, 0.1) is 17.2 Å². The van der Waals surface area contributed by atoms with E-state index in [1.807, 2.05) is 0 Å². The van der Waals surface area contributed by atoms with Crippen molar-refractivity contribution in [3.05, 3.63) is 21.7 Å². The molecule has 1 amide bonds. The van der Waals surface area contributed by atoms with Crippen LogP contribution in [0.25, 0.3) is 0 Å². The van der Waals surface area contributed by atoms with Gasteiger partial charge in [-0.05, 0) is 38.4 Å². The lowest BCUT2D eigenvalue weighted by Crippen LogP contribution is -2.40. The molecule has 186 valence electrons. The first-order valence-electron chi connectivity index (χ1n) is 12.2. The molecule has 0 spiro atoms. The van der Waals surface area contributed by atoms with Crippen LogP contribution in [0.5, 0.6) is 11.5 Å². The monoisotopic (exact) mass is 500 g/mol. The number of benzene rings is 1. The highest BCUT2D eigenvalue weighted by molar-refractivity contribution is 6.37. The fourth-order valence-corrected chi connectivity index (χ4v) is 4.90. The third-order valence-corrected chi connectivity index (χ3v) is 6.74. The lowest BCUT2D eigenvalue weighted by molar-refractivity contribution is -0.134. The van der Waals surface area contributed by atoms with Gasteiger partial charge >= 0.3 is 5.97 Å². The minimum absolute atomic E-state index is 0.00197. The van der Waals surface area contributed by atoms with Crippen LogP contribution in [-0.2, 0) is 4.79 Å². The molecule has 0 aromatic heterocycles. The summed E-state index contributed by atoms with van der Waals surface area (Å²) in [6.45, 7) is 6.77. The van der Waals surface area contributed by atoms with Crippen molar-refractivity contribution in [2.45, 2.75) is 84.1 Å². The van der Waals surface area contributed by atoms with Crippen LogP contribution in [0.15, 0.2) is 6.07 Å². The second-order valence-corrected chi connectivity index (χ2v) is 9.37. The molecule has 0 aliphatic carbocycles. The number of likely N-dealkylation sites (tertiary alicyclic amines) is 1. The zero-order valence-corrected chi connectivity index (χ0v) is 21.7. The number of nitrogens with one attached hydrogen (secondary N) is 1. The van der Waals surface area contributed by atoms with E-state index in [4.69, 9.17) is 32.7 Å². The Kier molecular flexibility index (Phi) is 12.4. The van der Waals surface area contributed by atoms with E-state index in [2.05, 4.69) is 24.1 Å². The molecule has 0 unspecified atom stereocenters. The average molecular weight is 501 g/mol. The summed E-state index contributed by atoms with van der Waals surface area (Å²) >= 11 is 12.6. The standard InChI is InChI=1S/C25H38Cl2N2O4/c1-4-6-7-8-9-10-11-14-21(30)33-24-20(27)16-19(26)23(32-3)22(24)25(31)28-17-18-13-12-15-29(18)5-2/h16,18H,4-15,17H2,1-3H3,(H,28,31)/t18-/m0/s1. The Balaban J connectivity index is 2.04. The van der Waals surface area contributed by atoms with Gasteiger partial charge in [0.1, 0.15) is 5.56 Å². The van der Waals surface area contributed by atoms with Gasteiger partial charge in [0.15, 0.2) is 11.5 Å². The first-order valence-corrected chi connectivity index (χ1v) is 13.0. The number of halogens is 2. The largest absolute Gasteiger partial charge is 0.494 e. The minimum Gasteiger partial charge on any atom is -0.494 e. The quantitative estimate of drug-likeness (QED) is 0.185. The molecule has 1 atom stereocenters. The topological polar surface area (TPSA) is 67.9 Å². The van der Waals surface area contributed by atoms with Crippen molar-refractivity contribution in [3.63, 3.8) is 0 Å². The van der Waals surface area contributed by atoms with Crippen LogP contribution in [0.1, 0.15) is 88.4 Å². The van der Waals surface area contributed by atoms with Crippen molar-refractivity contribution < 1.29 is 19.1 Å². The third-order valence-electron chi connectivity index (χ3n) is 6.18. The van der Waals surface area contributed by atoms with E-state index >= 15 is 0 Å². The molecule has 1 aromatic rings. The molecular weight excluding hydrogens is 463 g/mol. The van der Waals surface area contributed by atoms with Crippen LogP contribution in [0.2, 0.25) is 10.0 Å². The van der Waals surface area contributed by atoms with E-state index in [9.17, 15) is 9.59 Å². The first kappa shape index (κ1) is 27.7. The number of carbonyl (C=O) groups excluding carboxylic acids is 2. The van der Waals surface area contributed by atoms with E-state index in [0.29, 0.717) is 6.54 Å².